The molecule has 0 spiro atoms. The smallest absolute Gasteiger partial charge is 0.116 e. The summed E-state index contributed by atoms with van der Waals surface area (Å²) in [7, 11) is 0. The standard InChI is InChI=1S/C27H30O4/c1-2-25(28)27(31-20-24-16-10-5-11-17-24)26(30-19-23-14-8-4-9-15-23)21-29-18-22-12-6-3-7-13-22/h2-17,25-28H,1,18-21H2/t25?,26-,27-/m1/s1. The SMILES string of the molecule is C=CC(O)[C@@H](OCc1ccccc1)[C@@H](COCc1ccccc1)OCc1ccccc1. The van der Waals surface area contributed by atoms with E-state index in [1.807, 2.05) is 91.0 Å². The summed E-state index contributed by atoms with van der Waals surface area (Å²) >= 11 is 0. The van der Waals surface area contributed by atoms with Gasteiger partial charge in [-0.25, -0.2) is 0 Å². The van der Waals surface area contributed by atoms with Gasteiger partial charge in [-0.15, -0.1) is 6.58 Å². The number of hydrogen-bond acceptors (Lipinski definition) is 4. The highest BCUT2D eigenvalue weighted by molar-refractivity contribution is 5.15. The lowest BCUT2D eigenvalue weighted by atomic mass is 10.1. The second kappa shape index (κ2) is 12.8. The van der Waals surface area contributed by atoms with Crippen molar-refractivity contribution in [1.29, 1.82) is 0 Å². The maximum Gasteiger partial charge on any atom is 0.116 e. The van der Waals surface area contributed by atoms with E-state index in [0.717, 1.165) is 16.7 Å². The highest BCUT2D eigenvalue weighted by Gasteiger charge is 2.29. The predicted molar refractivity (Wildman–Crippen MR) is 122 cm³/mol. The molecular weight excluding hydrogens is 388 g/mol. The van der Waals surface area contributed by atoms with E-state index in [2.05, 4.69) is 6.58 Å². The van der Waals surface area contributed by atoms with Gasteiger partial charge in [-0.1, -0.05) is 97.1 Å². The zero-order chi connectivity index (χ0) is 21.7. The Hall–Kier alpha value is -2.76. The number of benzene rings is 3. The lowest BCUT2D eigenvalue weighted by molar-refractivity contribution is -0.144. The van der Waals surface area contributed by atoms with Gasteiger partial charge in [0, 0.05) is 0 Å². The molecule has 0 bridgehead atoms. The van der Waals surface area contributed by atoms with E-state index >= 15 is 0 Å². The van der Waals surface area contributed by atoms with Crippen LogP contribution >= 0.6 is 0 Å². The van der Waals surface area contributed by atoms with Gasteiger partial charge < -0.3 is 19.3 Å². The first kappa shape index (κ1) is 22.9. The van der Waals surface area contributed by atoms with Crippen LogP contribution in [0.2, 0.25) is 0 Å². The van der Waals surface area contributed by atoms with Crippen LogP contribution in [0.4, 0.5) is 0 Å². The van der Waals surface area contributed by atoms with Gasteiger partial charge in [-0.2, -0.15) is 0 Å². The molecule has 3 aromatic rings. The van der Waals surface area contributed by atoms with Crippen molar-refractivity contribution in [2.45, 2.75) is 38.1 Å². The Balaban J connectivity index is 1.68. The van der Waals surface area contributed by atoms with Crippen molar-refractivity contribution in [2.24, 2.45) is 0 Å². The highest BCUT2D eigenvalue weighted by Crippen LogP contribution is 2.17. The van der Waals surface area contributed by atoms with Gasteiger partial charge in [0.25, 0.3) is 0 Å². The van der Waals surface area contributed by atoms with Crippen LogP contribution in [0.25, 0.3) is 0 Å². The van der Waals surface area contributed by atoms with Crippen LogP contribution in [0.5, 0.6) is 0 Å². The Morgan fingerprint density at radius 3 is 1.61 bits per heavy atom. The zero-order valence-corrected chi connectivity index (χ0v) is 17.7. The fourth-order valence-corrected chi connectivity index (χ4v) is 3.21. The third-order valence-electron chi connectivity index (χ3n) is 4.93. The molecule has 0 heterocycles. The molecule has 3 atom stereocenters. The van der Waals surface area contributed by atoms with E-state index in [4.69, 9.17) is 14.2 Å². The second-order valence-corrected chi connectivity index (χ2v) is 7.32. The van der Waals surface area contributed by atoms with E-state index in [1.54, 1.807) is 0 Å². The third kappa shape index (κ3) is 7.78. The van der Waals surface area contributed by atoms with Gasteiger partial charge in [0.15, 0.2) is 0 Å². The molecule has 4 heteroatoms. The number of aliphatic hydroxyl groups is 1. The Bertz CT molecular complexity index is 868. The summed E-state index contributed by atoms with van der Waals surface area (Å²) in [5.41, 5.74) is 3.15. The molecule has 3 aromatic carbocycles. The van der Waals surface area contributed by atoms with Gasteiger partial charge in [-0.05, 0) is 16.7 Å². The average Bonchev–Trinajstić information content (AvgIpc) is 2.84. The van der Waals surface area contributed by atoms with Crippen molar-refractivity contribution in [3.05, 3.63) is 120 Å². The number of hydrogen-bond donors (Lipinski definition) is 1. The number of aliphatic hydroxyl groups excluding tert-OH is 1. The van der Waals surface area contributed by atoms with E-state index in [-0.39, 0.29) is 6.61 Å². The van der Waals surface area contributed by atoms with Gasteiger partial charge in [-0.3, -0.25) is 0 Å². The summed E-state index contributed by atoms with van der Waals surface area (Å²) < 4.78 is 18.2. The van der Waals surface area contributed by atoms with E-state index in [1.165, 1.54) is 6.08 Å². The Labute approximate surface area is 184 Å². The van der Waals surface area contributed by atoms with E-state index < -0.39 is 18.3 Å². The van der Waals surface area contributed by atoms with Crippen molar-refractivity contribution >= 4 is 0 Å². The topological polar surface area (TPSA) is 47.9 Å². The van der Waals surface area contributed by atoms with Crippen molar-refractivity contribution in [1.82, 2.24) is 0 Å². The summed E-state index contributed by atoms with van der Waals surface area (Å²) in [6, 6.07) is 29.8. The van der Waals surface area contributed by atoms with Crippen molar-refractivity contribution in [3.8, 4) is 0 Å². The quantitative estimate of drug-likeness (QED) is 0.400. The molecule has 3 rings (SSSR count). The van der Waals surface area contributed by atoms with Crippen LogP contribution in [-0.2, 0) is 34.0 Å². The van der Waals surface area contributed by atoms with Gasteiger partial charge >= 0.3 is 0 Å². The Morgan fingerprint density at radius 1 is 0.677 bits per heavy atom. The Morgan fingerprint density at radius 2 is 1.13 bits per heavy atom. The van der Waals surface area contributed by atoms with E-state index in [9.17, 15) is 5.11 Å². The van der Waals surface area contributed by atoms with Crippen LogP contribution in [0.1, 0.15) is 16.7 Å². The molecule has 0 radical (unpaired) electrons. The van der Waals surface area contributed by atoms with Crippen molar-refractivity contribution in [3.63, 3.8) is 0 Å². The molecular formula is C27H30O4. The normalized spacial score (nSPS) is 14.0. The predicted octanol–water partition coefficient (Wildman–Crippen LogP) is 4.92. The van der Waals surface area contributed by atoms with Crippen molar-refractivity contribution in [2.75, 3.05) is 6.61 Å². The molecule has 0 saturated heterocycles. The molecule has 0 aliphatic carbocycles. The Kier molecular flexibility index (Phi) is 9.48. The van der Waals surface area contributed by atoms with Crippen LogP contribution < -0.4 is 0 Å². The molecule has 0 fully saturated rings. The molecule has 1 unspecified atom stereocenters. The molecule has 0 amide bonds. The summed E-state index contributed by atoms with van der Waals surface area (Å²) in [4.78, 5) is 0. The van der Waals surface area contributed by atoms with Gasteiger partial charge in [0.1, 0.15) is 18.3 Å². The minimum atomic E-state index is -0.884. The highest BCUT2D eigenvalue weighted by atomic mass is 16.6. The molecule has 162 valence electrons. The summed E-state index contributed by atoms with van der Waals surface area (Å²) in [5.74, 6) is 0. The zero-order valence-electron chi connectivity index (χ0n) is 17.7. The first-order valence-corrected chi connectivity index (χ1v) is 10.5. The van der Waals surface area contributed by atoms with Crippen LogP contribution in [0.15, 0.2) is 104 Å². The molecule has 0 aliphatic heterocycles. The summed E-state index contributed by atoms with van der Waals surface area (Å²) in [6.07, 6.45) is -0.492. The van der Waals surface area contributed by atoms with Gasteiger partial charge in [0.05, 0.1) is 26.4 Å². The first-order chi connectivity index (χ1) is 15.3. The van der Waals surface area contributed by atoms with Crippen LogP contribution in [0.3, 0.4) is 0 Å². The summed E-state index contributed by atoms with van der Waals surface area (Å²) in [5, 5.41) is 10.6. The monoisotopic (exact) mass is 418 g/mol. The molecule has 0 aromatic heterocycles. The lowest BCUT2D eigenvalue weighted by Gasteiger charge is -2.30. The largest absolute Gasteiger partial charge is 0.386 e. The maximum atomic E-state index is 10.6. The van der Waals surface area contributed by atoms with E-state index in [0.29, 0.717) is 19.8 Å². The minimum Gasteiger partial charge on any atom is -0.386 e. The molecule has 4 nitrogen and oxygen atoms in total. The van der Waals surface area contributed by atoms with Gasteiger partial charge in [0.2, 0.25) is 0 Å². The second-order valence-electron chi connectivity index (χ2n) is 7.32. The molecule has 0 aliphatic rings. The maximum absolute atomic E-state index is 10.6. The molecule has 31 heavy (non-hydrogen) atoms. The molecule has 0 saturated carbocycles. The number of ether oxygens (including phenoxy) is 3. The summed E-state index contributed by atoms with van der Waals surface area (Å²) in [6.45, 7) is 5.24. The number of rotatable bonds is 13. The third-order valence-corrected chi connectivity index (χ3v) is 4.93. The van der Waals surface area contributed by atoms with Crippen molar-refractivity contribution < 1.29 is 19.3 Å². The first-order valence-electron chi connectivity index (χ1n) is 10.5. The fraction of sp³-hybridized carbons (Fsp3) is 0.259. The van der Waals surface area contributed by atoms with Crippen LogP contribution in [0, 0.1) is 0 Å². The lowest BCUT2D eigenvalue weighted by Crippen LogP contribution is -2.43. The van der Waals surface area contributed by atoms with Crippen LogP contribution in [-0.4, -0.2) is 30.0 Å². The molecule has 1 N–H and O–H groups in total. The fourth-order valence-electron chi connectivity index (χ4n) is 3.21. The average molecular weight is 419 g/mol. The minimum absolute atomic E-state index is 0.284.